The van der Waals surface area contributed by atoms with E-state index >= 15 is 0 Å². The van der Waals surface area contributed by atoms with Crippen LogP contribution in [0.4, 0.5) is 8.78 Å². The second-order valence-electron chi connectivity index (χ2n) is 7.75. The Balaban J connectivity index is 1.33. The number of pyridine rings is 1. The Hall–Kier alpha value is -3.28. The lowest BCUT2D eigenvalue weighted by molar-refractivity contribution is 0.0816. The molecule has 3 heterocycles. The van der Waals surface area contributed by atoms with Crippen LogP contribution in [0.25, 0.3) is 5.52 Å². The Bertz CT molecular complexity index is 1160. The minimum absolute atomic E-state index is 0.0336. The maximum Gasteiger partial charge on any atom is 0.272 e. The van der Waals surface area contributed by atoms with Crippen LogP contribution in [0.2, 0.25) is 0 Å². The smallest absolute Gasteiger partial charge is 0.272 e. The summed E-state index contributed by atoms with van der Waals surface area (Å²) >= 11 is 1.21. The summed E-state index contributed by atoms with van der Waals surface area (Å²) in [6.45, 7) is 1.08. The number of alkyl halides is 2. The van der Waals surface area contributed by atoms with Crippen LogP contribution in [0.1, 0.15) is 50.7 Å². The number of carbonyl (C=O) groups excluding carboxylic acids is 2. The number of carbonyl (C=O) groups is 2. The molecule has 0 unspecified atom stereocenters. The molecule has 1 aliphatic rings. The number of nitrogens with two attached hydrogens (primary N) is 1. The molecule has 0 aromatic carbocycles. The van der Waals surface area contributed by atoms with Gasteiger partial charge in [0.05, 0.1) is 28.5 Å². The standard InChI is InChI=1S/C21H23F2N5O4S/c1-11-26-21(18(33-11)19(24)29)32-13-4-2-12(3-5-13)27-20(30)15-8-25-28-9-14(6-7-16(15)28)31-10-17(22)23/h6-9,12-13,17H,2-5,10H2,1H3,(H2,24,29)(H,27,30)/t12-,13-. The third-order valence-corrected chi connectivity index (χ3v) is 6.29. The molecule has 9 nitrogen and oxygen atoms in total. The van der Waals surface area contributed by atoms with E-state index < -0.39 is 18.9 Å². The minimum Gasteiger partial charge on any atom is -0.486 e. The molecule has 3 aromatic rings. The Labute approximate surface area is 191 Å². The van der Waals surface area contributed by atoms with Gasteiger partial charge in [0, 0.05) is 6.04 Å². The molecule has 0 bridgehead atoms. The van der Waals surface area contributed by atoms with Crippen molar-refractivity contribution < 1.29 is 27.8 Å². The summed E-state index contributed by atoms with van der Waals surface area (Å²) < 4.78 is 37.0. The summed E-state index contributed by atoms with van der Waals surface area (Å²) in [6, 6.07) is 3.10. The number of rotatable bonds is 8. The van der Waals surface area contributed by atoms with E-state index in [-0.39, 0.29) is 29.7 Å². The number of thiazole rings is 1. The number of fused-ring (bicyclic) bond motifs is 1. The van der Waals surface area contributed by atoms with Crippen molar-refractivity contribution in [2.24, 2.45) is 5.73 Å². The quantitative estimate of drug-likeness (QED) is 0.513. The van der Waals surface area contributed by atoms with Crippen LogP contribution in [-0.4, -0.2) is 51.6 Å². The number of ether oxygens (including phenoxy) is 2. The van der Waals surface area contributed by atoms with E-state index in [1.807, 2.05) is 0 Å². The van der Waals surface area contributed by atoms with Crippen LogP contribution >= 0.6 is 11.3 Å². The molecule has 1 saturated carbocycles. The molecule has 12 heteroatoms. The summed E-state index contributed by atoms with van der Waals surface area (Å²) in [6.07, 6.45) is 3.01. The Morgan fingerprint density at radius 2 is 2.06 bits per heavy atom. The molecule has 0 atom stereocenters. The first kappa shape index (κ1) is 22.9. The number of hydrogen-bond donors (Lipinski definition) is 2. The zero-order valence-corrected chi connectivity index (χ0v) is 18.6. The van der Waals surface area contributed by atoms with Crippen molar-refractivity contribution in [3.8, 4) is 11.6 Å². The zero-order chi connectivity index (χ0) is 23.5. The van der Waals surface area contributed by atoms with Crippen LogP contribution in [-0.2, 0) is 0 Å². The number of primary amides is 1. The van der Waals surface area contributed by atoms with Crippen molar-refractivity contribution >= 4 is 28.7 Å². The molecule has 0 saturated heterocycles. The normalized spacial score (nSPS) is 18.4. The van der Waals surface area contributed by atoms with E-state index in [9.17, 15) is 18.4 Å². The van der Waals surface area contributed by atoms with Gasteiger partial charge in [0.2, 0.25) is 5.88 Å². The van der Waals surface area contributed by atoms with Crippen molar-refractivity contribution in [2.75, 3.05) is 6.61 Å². The fraction of sp³-hybridized carbons (Fsp3) is 0.429. The van der Waals surface area contributed by atoms with Gasteiger partial charge in [0.15, 0.2) is 4.88 Å². The van der Waals surface area contributed by atoms with E-state index in [0.29, 0.717) is 46.6 Å². The number of amides is 2. The fourth-order valence-electron chi connectivity index (χ4n) is 3.77. The molecular formula is C21H23F2N5O4S. The van der Waals surface area contributed by atoms with Gasteiger partial charge in [-0.05, 0) is 44.7 Å². The van der Waals surface area contributed by atoms with Crippen LogP contribution in [0, 0.1) is 6.92 Å². The largest absolute Gasteiger partial charge is 0.486 e. The van der Waals surface area contributed by atoms with Crippen LogP contribution in [0.3, 0.4) is 0 Å². The van der Waals surface area contributed by atoms with Gasteiger partial charge in [0.25, 0.3) is 18.2 Å². The lowest BCUT2D eigenvalue weighted by Gasteiger charge is -2.29. The van der Waals surface area contributed by atoms with Gasteiger partial charge in [-0.1, -0.05) is 0 Å². The van der Waals surface area contributed by atoms with Crippen molar-refractivity contribution in [3.63, 3.8) is 0 Å². The molecule has 2 amide bonds. The molecule has 0 radical (unpaired) electrons. The molecule has 1 fully saturated rings. The lowest BCUT2D eigenvalue weighted by atomic mass is 9.92. The highest BCUT2D eigenvalue weighted by atomic mass is 32.1. The monoisotopic (exact) mass is 479 g/mol. The number of nitrogens with zero attached hydrogens (tertiary/aromatic N) is 3. The van der Waals surface area contributed by atoms with Gasteiger partial charge in [-0.15, -0.1) is 11.3 Å². The molecule has 176 valence electrons. The molecule has 1 aliphatic carbocycles. The van der Waals surface area contributed by atoms with E-state index in [1.54, 1.807) is 13.0 Å². The average molecular weight is 480 g/mol. The van der Waals surface area contributed by atoms with Crippen LogP contribution in [0.15, 0.2) is 24.5 Å². The Kier molecular flexibility index (Phi) is 6.72. The third kappa shape index (κ3) is 5.38. The summed E-state index contributed by atoms with van der Waals surface area (Å²) in [4.78, 5) is 28.9. The Morgan fingerprint density at radius 1 is 1.30 bits per heavy atom. The van der Waals surface area contributed by atoms with Crippen LogP contribution in [0.5, 0.6) is 11.6 Å². The van der Waals surface area contributed by atoms with Gasteiger partial charge >= 0.3 is 0 Å². The fourth-order valence-corrected chi connectivity index (χ4v) is 4.48. The SMILES string of the molecule is Cc1nc(O[C@H]2CC[C@H](NC(=O)c3cnn4cc(OCC(F)F)ccc34)CC2)c(C(N)=O)s1. The predicted molar refractivity (Wildman–Crippen MR) is 116 cm³/mol. The number of nitrogens with one attached hydrogen (secondary N) is 1. The number of aromatic nitrogens is 3. The molecule has 0 spiro atoms. The maximum absolute atomic E-state index is 12.8. The topological polar surface area (TPSA) is 121 Å². The summed E-state index contributed by atoms with van der Waals surface area (Å²) in [5.74, 6) is -0.300. The summed E-state index contributed by atoms with van der Waals surface area (Å²) in [7, 11) is 0. The molecule has 4 rings (SSSR count). The second kappa shape index (κ2) is 9.69. The van der Waals surface area contributed by atoms with E-state index in [4.69, 9.17) is 15.2 Å². The average Bonchev–Trinajstić information content (AvgIpc) is 3.36. The highest BCUT2D eigenvalue weighted by Crippen LogP contribution is 2.29. The first-order chi connectivity index (χ1) is 15.8. The van der Waals surface area contributed by atoms with E-state index in [1.165, 1.54) is 34.3 Å². The molecule has 33 heavy (non-hydrogen) atoms. The summed E-state index contributed by atoms with van der Waals surface area (Å²) in [5, 5.41) is 7.86. The van der Waals surface area contributed by atoms with Crippen molar-refractivity contribution in [2.45, 2.75) is 51.2 Å². The van der Waals surface area contributed by atoms with Gasteiger partial charge < -0.3 is 20.5 Å². The predicted octanol–water partition coefficient (Wildman–Crippen LogP) is 2.96. The van der Waals surface area contributed by atoms with Gasteiger partial charge in [-0.3, -0.25) is 9.59 Å². The van der Waals surface area contributed by atoms with E-state index in [2.05, 4.69) is 15.4 Å². The number of halogens is 2. The lowest BCUT2D eigenvalue weighted by Crippen LogP contribution is -2.39. The molecule has 3 N–H and O–H groups in total. The summed E-state index contributed by atoms with van der Waals surface area (Å²) in [5.41, 5.74) is 6.33. The highest BCUT2D eigenvalue weighted by molar-refractivity contribution is 7.13. The van der Waals surface area contributed by atoms with Crippen LogP contribution < -0.4 is 20.5 Å². The Morgan fingerprint density at radius 3 is 2.76 bits per heavy atom. The number of hydrogen-bond acceptors (Lipinski definition) is 7. The zero-order valence-electron chi connectivity index (χ0n) is 17.8. The molecule has 0 aliphatic heterocycles. The highest BCUT2D eigenvalue weighted by Gasteiger charge is 2.27. The first-order valence-corrected chi connectivity index (χ1v) is 11.2. The third-order valence-electron chi connectivity index (χ3n) is 5.32. The maximum atomic E-state index is 12.8. The second-order valence-corrected chi connectivity index (χ2v) is 8.95. The first-order valence-electron chi connectivity index (χ1n) is 10.4. The van der Waals surface area contributed by atoms with Gasteiger partial charge in [0.1, 0.15) is 18.5 Å². The molecular weight excluding hydrogens is 456 g/mol. The van der Waals surface area contributed by atoms with Gasteiger partial charge in [-0.2, -0.15) is 5.10 Å². The minimum atomic E-state index is -2.57. The van der Waals surface area contributed by atoms with Gasteiger partial charge in [-0.25, -0.2) is 18.3 Å². The van der Waals surface area contributed by atoms with Crippen molar-refractivity contribution in [1.29, 1.82) is 0 Å². The van der Waals surface area contributed by atoms with E-state index in [0.717, 1.165) is 0 Å². The van der Waals surface area contributed by atoms with Crippen molar-refractivity contribution in [1.82, 2.24) is 19.9 Å². The van der Waals surface area contributed by atoms with Crippen molar-refractivity contribution in [3.05, 3.63) is 40.0 Å². The number of aryl methyl sites for hydroxylation is 1. The molecule has 3 aromatic heterocycles.